The SMILES string of the molecule is CC.CC.CC(C)(C(=O)N=C1CC=CC1)c1ccccc1. The zero-order valence-corrected chi connectivity index (χ0v) is 14.3. The van der Waals surface area contributed by atoms with Gasteiger partial charge in [0.25, 0.3) is 5.91 Å². The van der Waals surface area contributed by atoms with E-state index in [1.807, 2.05) is 71.9 Å². The molecule has 1 aliphatic carbocycles. The monoisotopic (exact) mass is 287 g/mol. The fourth-order valence-electron chi connectivity index (χ4n) is 1.88. The van der Waals surface area contributed by atoms with Gasteiger partial charge < -0.3 is 0 Å². The Labute approximate surface area is 130 Å². The van der Waals surface area contributed by atoms with Crippen LogP contribution in [0.4, 0.5) is 0 Å². The molecule has 1 aromatic carbocycles. The number of hydrogen-bond donors (Lipinski definition) is 0. The van der Waals surface area contributed by atoms with E-state index in [2.05, 4.69) is 17.1 Å². The van der Waals surface area contributed by atoms with Crippen molar-refractivity contribution in [3.63, 3.8) is 0 Å². The van der Waals surface area contributed by atoms with Gasteiger partial charge in [-0.3, -0.25) is 4.79 Å². The predicted octanol–water partition coefficient (Wildman–Crippen LogP) is 5.33. The number of carbonyl (C=O) groups excluding carboxylic acids is 1. The van der Waals surface area contributed by atoms with Gasteiger partial charge in [0.05, 0.1) is 5.41 Å². The van der Waals surface area contributed by atoms with E-state index in [0.29, 0.717) is 0 Å². The van der Waals surface area contributed by atoms with Gasteiger partial charge in [-0.2, -0.15) is 0 Å². The number of aliphatic imine (C=N–C) groups is 1. The number of hydrogen-bond acceptors (Lipinski definition) is 1. The standard InChI is InChI=1S/C15H17NO.2C2H6/c1-15(2,12-8-4-3-5-9-12)14(17)16-13-10-6-7-11-13;2*1-2/h3-9H,10-11H2,1-2H3;2*1-2H3. The molecule has 0 saturated heterocycles. The van der Waals surface area contributed by atoms with Gasteiger partial charge in [0.2, 0.25) is 0 Å². The summed E-state index contributed by atoms with van der Waals surface area (Å²) in [6.07, 6.45) is 5.75. The summed E-state index contributed by atoms with van der Waals surface area (Å²) in [5.74, 6) is -0.0533. The van der Waals surface area contributed by atoms with Gasteiger partial charge in [0.1, 0.15) is 0 Å². The summed E-state index contributed by atoms with van der Waals surface area (Å²) >= 11 is 0. The molecular weight excluding hydrogens is 258 g/mol. The largest absolute Gasteiger partial charge is 0.272 e. The van der Waals surface area contributed by atoms with Crippen molar-refractivity contribution in [2.45, 2.75) is 59.8 Å². The zero-order chi connectivity index (χ0) is 16.3. The van der Waals surface area contributed by atoms with Crippen LogP contribution in [0.1, 0.15) is 59.9 Å². The molecule has 0 aliphatic heterocycles. The smallest absolute Gasteiger partial charge is 0.255 e. The number of carbonyl (C=O) groups is 1. The van der Waals surface area contributed by atoms with Gasteiger partial charge in [0, 0.05) is 18.6 Å². The van der Waals surface area contributed by atoms with Gasteiger partial charge in [-0.05, 0) is 19.4 Å². The molecule has 2 rings (SSSR count). The Morgan fingerprint density at radius 2 is 1.43 bits per heavy atom. The van der Waals surface area contributed by atoms with Gasteiger partial charge >= 0.3 is 0 Å². The Morgan fingerprint density at radius 3 is 1.90 bits per heavy atom. The quantitative estimate of drug-likeness (QED) is 0.676. The highest BCUT2D eigenvalue weighted by molar-refractivity contribution is 6.01. The van der Waals surface area contributed by atoms with Gasteiger partial charge in [0.15, 0.2) is 0 Å². The lowest BCUT2D eigenvalue weighted by Crippen LogP contribution is -2.28. The summed E-state index contributed by atoms with van der Waals surface area (Å²) in [6, 6.07) is 9.82. The Bertz CT molecular complexity index is 460. The molecule has 0 heterocycles. The normalized spacial score (nSPS) is 12.8. The van der Waals surface area contributed by atoms with Crippen LogP contribution in [0.3, 0.4) is 0 Å². The van der Waals surface area contributed by atoms with Crippen molar-refractivity contribution in [1.29, 1.82) is 0 Å². The van der Waals surface area contributed by atoms with Crippen molar-refractivity contribution in [2.75, 3.05) is 0 Å². The van der Waals surface area contributed by atoms with E-state index in [9.17, 15) is 4.79 Å². The third-order valence-electron chi connectivity index (χ3n) is 3.16. The molecule has 0 saturated carbocycles. The summed E-state index contributed by atoms with van der Waals surface area (Å²) in [5, 5.41) is 0. The van der Waals surface area contributed by atoms with Crippen molar-refractivity contribution < 1.29 is 4.79 Å². The molecule has 0 radical (unpaired) electrons. The highest BCUT2D eigenvalue weighted by Crippen LogP contribution is 2.25. The number of amides is 1. The molecule has 0 spiro atoms. The molecule has 0 N–H and O–H groups in total. The second kappa shape index (κ2) is 10.1. The van der Waals surface area contributed by atoms with Crippen molar-refractivity contribution in [2.24, 2.45) is 4.99 Å². The Kier molecular flexibility index (Phi) is 9.27. The van der Waals surface area contributed by atoms with Gasteiger partial charge in [-0.25, -0.2) is 4.99 Å². The first-order chi connectivity index (χ1) is 10.1. The van der Waals surface area contributed by atoms with Crippen LogP contribution in [-0.2, 0) is 10.2 Å². The Balaban J connectivity index is 0.000000921. The molecule has 1 amide bonds. The average Bonchev–Trinajstić information content (AvgIpc) is 3.05. The van der Waals surface area contributed by atoms with Crippen LogP contribution in [0.2, 0.25) is 0 Å². The van der Waals surface area contributed by atoms with Crippen LogP contribution in [0.5, 0.6) is 0 Å². The van der Waals surface area contributed by atoms with Crippen molar-refractivity contribution in [3.8, 4) is 0 Å². The van der Waals surface area contributed by atoms with E-state index in [1.54, 1.807) is 0 Å². The van der Waals surface area contributed by atoms with Crippen LogP contribution in [-0.4, -0.2) is 11.6 Å². The lowest BCUT2D eigenvalue weighted by molar-refractivity contribution is -0.122. The minimum absolute atomic E-state index is 0.0533. The van der Waals surface area contributed by atoms with Gasteiger partial charge in [-0.15, -0.1) is 0 Å². The molecule has 1 aromatic rings. The number of allylic oxidation sites excluding steroid dienone is 2. The van der Waals surface area contributed by atoms with E-state index in [1.165, 1.54) is 0 Å². The first-order valence-electron chi connectivity index (χ1n) is 7.92. The number of rotatable bonds is 2. The fourth-order valence-corrected chi connectivity index (χ4v) is 1.88. The second-order valence-corrected chi connectivity index (χ2v) is 4.85. The summed E-state index contributed by atoms with van der Waals surface area (Å²) in [6.45, 7) is 11.9. The molecule has 116 valence electrons. The topological polar surface area (TPSA) is 29.4 Å². The van der Waals surface area contributed by atoms with Crippen molar-refractivity contribution >= 4 is 11.6 Å². The molecule has 1 aliphatic rings. The van der Waals surface area contributed by atoms with Crippen LogP contribution in [0.25, 0.3) is 0 Å². The minimum atomic E-state index is -0.545. The maximum atomic E-state index is 12.2. The fraction of sp³-hybridized carbons (Fsp3) is 0.474. The van der Waals surface area contributed by atoms with Crippen LogP contribution < -0.4 is 0 Å². The van der Waals surface area contributed by atoms with Gasteiger partial charge in [-0.1, -0.05) is 70.2 Å². The summed E-state index contributed by atoms with van der Waals surface area (Å²) in [4.78, 5) is 16.4. The van der Waals surface area contributed by atoms with Crippen LogP contribution in [0.15, 0.2) is 47.5 Å². The highest BCUT2D eigenvalue weighted by atomic mass is 16.1. The lowest BCUT2D eigenvalue weighted by atomic mass is 9.84. The minimum Gasteiger partial charge on any atom is -0.272 e. The van der Waals surface area contributed by atoms with Crippen LogP contribution >= 0.6 is 0 Å². The molecule has 2 heteroatoms. The summed E-state index contributed by atoms with van der Waals surface area (Å²) in [5.41, 5.74) is 1.44. The Hall–Kier alpha value is -1.70. The maximum absolute atomic E-state index is 12.2. The van der Waals surface area contributed by atoms with E-state index < -0.39 is 5.41 Å². The van der Waals surface area contributed by atoms with E-state index in [4.69, 9.17) is 0 Å². The highest BCUT2D eigenvalue weighted by Gasteiger charge is 2.29. The molecule has 2 nitrogen and oxygen atoms in total. The zero-order valence-electron chi connectivity index (χ0n) is 14.3. The molecule has 21 heavy (non-hydrogen) atoms. The molecule has 0 unspecified atom stereocenters. The van der Waals surface area contributed by atoms with Crippen molar-refractivity contribution in [3.05, 3.63) is 48.0 Å². The molecule has 0 aromatic heterocycles. The number of nitrogens with zero attached hydrogens (tertiary/aromatic N) is 1. The third kappa shape index (κ3) is 5.66. The second-order valence-electron chi connectivity index (χ2n) is 4.85. The van der Waals surface area contributed by atoms with E-state index in [0.717, 1.165) is 24.1 Å². The average molecular weight is 287 g/mol. The third-order valence-corrected chi connectivity index (χ3v) is 3.16. The summed E-state index contributed by atoms with van der Waals surface area (Å²) in [7, 11) is 0. The molecular formula is C19H29NO. The number of benzene rings is 1. The van der Waals surface area contributed by atoms with E-state index in [-0.39, 0.29) is 5.91 Å². The predicted molar refractivity (Wildman–Crippen MR) is 93.0 cm³/mol. The van der Waals surface area contributed by atoms with Crippen molar-refractivity contribution in [1.82, 2.24) is 0 Å². The first kappa shape index (κ1) is 19.3. The van der Waals surface area contributed by atoms with E-state index >= 15 is 0 Å². The Morgan fingerprint density at radius 1 is 0.952 bits per heavy atom. The molecule has 0 fully saturated rings. The molecule has 0 atom stereocenters. The van der Waals surface area contributed by atoms with Crippen LogP contribution in [0, 0.1) is 0 Å². The lowest BCUT2D eigenvalue weighted by Gasteiger charge is -2.21. The first-order valence-corrected chi connectivity index (χ1v) is 7.92. The maximum Gasteiger partial charge on any atom is 0.255 e. The molecule has 0 bridgehead atoms. The summed E-state index contributed by atoms with van der Waals surface area (Å²) < 4.78 is 0.